The average Bonchev–Trinajstić information content (AvgIpc) is 2.43. The molecule has 0 fully saturated rings. The Hall–Kier alpha value is -2.23. The van der Waals surface area contributed by atoms with Crippen LogP contribution in [0.2, 0.25) is 0 Å². The minimum absolute atomic E-state index is 0.122. The van der Waals surface area contributed by atoms with E-state index in [0.717, 1.165) is 23.3 Å². The first-order chi connectivity index (χ1) is 9.43. The topological polar surface area (TPSA) is 26.3 Å². The van der Waals surface area contributed by atoms with E-state index < -0.39 is 11.6 Å². The zero-order valence-electron chi connectivity index (χ0n) is 11.5. The molecule has 0 aliphatic heterocycles. The van der Waals surface area contributed by atoms with Gasteiger partial charge in [0.1, 0.15) is 5.75 Å². The number of rotatable bonds is 3. The maximum absolute atomic E-state index is 13.2. The quantitative estimate of drug-likeness (QED) is 0.797. The summed E-state index contributed by atoms with van der Waals surface area (Å²) in [5.41, 5.74) is 2.11. The lowest BCUT2D eigenvalue weighted by Gasteiger charge is -2.10. The van der Waals surface area contributed by atoms with E-state index in [4.69, 9.17) is 4.74 Å². The Bertz CT molecular complexity index is 678. The van der Waals surface area contributed by atoms with Crippen molar-refractivity contribution in [1.29, 1.82) is 0 Å². The Labute approximate surface area is 116 Å². The van der Waals surface area contributed by atoms with Gasteiger partial charge in [0.25, 0.3) is 0 Å². The van der Waals surface area contributed by atoms with Crippen LogP contribution in [0.5, 0.6) is 5.75 Å². The van der Waals surface area contributed by atoms with Crippen molar-refractivity contribution >= 4 is 5.78 Å². The monoisotopic (exact) mass is 276 g/mol. The molecule has 2 aromatic carbocycles. The van der Waals surface area contributed by atoms with Gasteiger partial charge in [-0.15, -0.1) is 0 Å². The molecule has 0 amide bonds. The number of hydrogen-bond acceptors (Lipinski definition) is 2. The smallest absolute Gasteiger partial charge is 0.193 e. The van der Waals surface area contributed by atoms with Gasteiger partial charge in [-0.1, -0.05) is 0 Å². The van der Waals surface area contributed by atoms with Crippen LogP contribution >= 0.6 is 0 Å². The molecule has 4 heteroatoms. The number of carbonyl (C=O) groups is 1. The molecule has 2 nitrogen and oxygen atoms in total. The number of carbonyl (C=O) groups excluding carboxylic acids is 1. The predicted octanol–water partition coefficient (Wildman–Crippen LogP) is 3.82. The van der Waals surface area contributed by atoms with E-state index in [0.29, 0.717) is 11.3 Å². The van der Waals surface area contributed by atoms with Gasteiger partial charge < -0.3 is 4.74 Å². The van der Waals surface area contributed by atoms with Gasteiger partial charge in [-0.05, 0) is 55.3 Å². The largest absolute Gasteiger partial charge is 0.496 e. The zero-order chi connectivity index (χ0) is 14.9. The van der Waals surface area contributed by atoms with E-state index in [2.05, 4.69) is 0 Å². The van der Waals surface area contributed by atoms with E-state index >= 15 is 0 Å². The number of benzene rings is 2. The van der Waals surface area contributed by atoms with Crippen molar-refractivity contribution in [3.8, 4) is 5.75 Å². The van der Waals surface area contributed by atoms with Crippen LogP contribution in [0.25, 0.3) is 0 Å². The Kier molecular flexibility index (Phi) is 3.84. The Morgan fingerprint density at radius 2 is 1.70 bits per heavy atom. The Balaban J connectivity index is 2.48. The first-order valence-electron chi connectivity index (χ1n) is 6.09. The van der Waals surface area contributed by atoms with Crippen LogP contribution in [-0.2, 0) is 0 Å². The second-order valence-electron chi connectivity index (χ2n) is 4.59. The van der Waals surface area contributed by atoms with Crippen LogP contribution in [-0.4, -0.2) is 12.9 Å². The summed E-state index contributed by atoms with van der Waals surface area (Å²) in [4.78, 5) is 12.4. The van der Waals surface area contributed by atoms with Gasteiger partial charge in [-0.3, -0.25) is 4.79 Å². The highest BCUT2D eigenvalue weighted by molar-refractivity contribution is 6.10. The fourth-order valence-corrected chi connectivity index (χ4v) is 2.05. The average molecular weight is 276 g/mol. The van der Waals surface area contributed by atoms with Crippen molar-refractivity contribution in [2.45, 2.75) is 13.8 Å². The number of ketones is 1. The highest BCUT2D eigenvalue weighted by atomic mass is 19.2. The van der Waals surface area contributed by atoms with Gasteiger partial charge in [0, 0.05) is 11.1 Å². The molecule has 0 N–H and O–H groups in total. The van der Waals surface area contributed by atoms with E-state index in [-0.39, 0.29) is 11.3 Å². The Morgan fingerprint density at radius 3 is 2.30 bits per heavy atom. The molecular weight excluding hydrogens is 262 g/mol. The van der Waals surface area contributed by atoms with Crippen LogP contribution in [0, 0.1) is 25.5 Å². The van der Waals surface area contributed by atoms with Crippen molar-refractivity contribution < 1.29 is 18.3 Å². The molecule has 0 saturated heterocycles. The number of ether oxygens (including phenoxy) is 1. The summed E-state index contributed by atoms with van der Waals surface area (Å²) in [6.45, 7) is 3.59. The van der Waals surface area contributed by atoms with E-state index in [9.17, 15) is 13.6 Å². The highest BCUT2D eigenvalue weighted by Gasteiger charge is 2.16. The number of hydrogen-bond donors (Lipinski definition) is 0. The standard InChI is InChI=1S/C16H14F2O2/c1-9-7-15(20-3)10(2)6-12(9)16(19)11-4-5-13(17)14(18)8-11/h4-8H,1-3H3. The summed E-state index contributed by atoms with van der Waals surface area (Å²) in [6.07, 6.45) is 0. The third-order valence-electron chi connectivity index (χ3n) is 3.17. The molecule has 0 aliphatic rings. The third-order valence-corrected chi connectivity index (χ3v) is 3.17. The second kappa shape index (κ2) is 5.41. The van der Waals surface area contributed by atoms with Crippen molar-refractivity contribution in [3.63, 3.8) is 0 Å². The molecule has 0 radical (unpaired) electrons. The van der Waals surface area contributed by atoms with E-state index in [1.54, 1.807) is 26.2 Å². The molecule has 0 heterocycles. The molecule has 104 valence electrons. The molecule has 0 bridgehead atoms. The molecule has 0 saturated carbocycles. The lowest BCUT2D eigenvalue weighted by Crippen LogP contribution is -2.06. The number of aryl methyl sites for hydroxylation is 2. The van der Waals surface area contributed by atoms with Gasteiger partial charge in [-0.2, -0.15) is 0 Å². The molecule has 20 heavy (non-hydrogen) atoms. The SMILES string of the molecule is COc1cc(C)c(C(=O)c2ccc(F)c(F)c2)cc1C. The first-order valence-corrected chi connectivity index (χ1v) is 6.09. The molecule has 0 unspecified atom stereocenters. The Morgan fingerprint density at radius 1 is 1.00 bits per heavy atom. The van der Waals surface area contributed by atoms with Crippen LogP contribution in [0.4, 0.5) is 8.78 Å². The zero-order valence-corrected chi connectivity index (χ0v) is 11.5. The molecular formula is C16H14F2O2. The van der Waals surface area contributed by atoms with Crippen molar-refractivity contribution in [3.05, 3.63) is 64.2 Å². The van der Waals surface area contributed by atoms with Crippen LogP contribution in [0.1, 0.15) is 27.0 Å². The highest BCUT2D eigenvalue weighted by Crippen LogP contribution is 2.24. The number of methoxy groups -OCH3 is 1. The summed E-state index contributed by atoms with van der Waals surface area (Å²) in [5, 5.41) is 0. The minimum atomic E-state index is -1.03. The molecule has 2 aromatic rings. The van der Waals surface area contributed by atoms with Crippen LogP contribution in [0.3, 0.4) is 0 Å². The summed E-state index contributed by atoms with van der Waals surface area (Å²) in [7, 11) is 1.55. The number of halogens is 2. The molecule has 0 spiro atoms. The lowest BCUT2D eigenvalue weighted by atomic mass is 9.96. The van der Waals surface area contributed by atoms with Crippen LogP contribution in [0.15, 0.2) is 30.3 Å². The first kappa shape index (κ1) is 14.2. The van der Waals surface area contributed by atoms with Gasteiger partial charge in [0.2, 0.25) is 0 Å². The van der Waals surface area contributed by atoms with Gasteiger partial charge >= 0.3 is 0 Å². The van der Waals surface area contributed by atoms with Gasteiger partial charge in [-0.25, -0.2) is 8.78 Å². The maximum Gasteiger partial charge on any atom is 0.193 e. The van der Waals surface area contributed by atoms with Gasteiger partial charge in [0.05, 0.1) is 7.11 Å². The fourth-order valence-electron chi connectivity index (χ4n) is 2.05. The normalized spacial score (nSPS) is 10.4. The van der Waals surface area contributed by atoms with Crippen molar-refractivity contribution in [2.24, 2.45) is 0 Å². The van der Waals surface area contributed by atoms with Gasteiger partial charge in [0.15, 0.2) is 17.4 Å². The molecule has 2 rings (SSSR count). The molecule has 0 aliphatic carbocycles. The van der Waals surface area contributed by atoms with E-state index in [1.165, 1.54) is 6.07 Å². The van der Waals surface area contributed by atoms with Crippen molar-refractivity contribution in [1.82, 2.24) is 0 Å². The molecule has 0 atom stereocenters. The van der Waals surface area contributed by atoms with Crippen LogP contribution < -0.4 is 4.74 Å². The maximum atomic E-state index is 13.2. The summed E-state index contributed by atoms with van der Waals surface area (Å²) >= 11 is 0. The summed E-state index contributed by atoms with van der Waals surface area (Å²) in [5.74, 6) is -1.65. The molecule has 0 aromatic heterocycles. The van der Waals surface area contributed by atoms with E-state index in [1.807, 2.05) is 6.92 Å². The van der Waals surface area contributed by atoms with Crippen molar-refractivity contribution in [2.75, 3.05) is 7.11 Å². The minimum Gasteiger partial charge on any atom is -0.496 e. The third kappa shape index (κ3) is 2.54. The lowest BCUT2D eigenvalue weighted by molar-refractivity contribution is 0.103. The summed E-state index contributed by atoms with van der Waals surface area (Å²) in [6, 6.07) is 6.59. The predicted molar refractivity (Wildman–Crippen MR) is 72.3 cm³/mol. The summed E-state index contributed by atoms with van der Waals surface area (Å²) < 4.78 is 31.3. The second-order valence-corrected chi connectivity index (χ2v) is 4.59. The fraction of sp³-hybridized carbons (Fsp3) is 0.188.